The number of fused-ring (bicyclic) bond motifs is 5. The molecule has 4 aromatic rings. The molecule has 0 saturated carbocycles. The average molecular weight is 745 g/mol. The Labute approximate surface area is 298 Å². The predicted octanol–water partition coefficient (Wildman–Crippen LogP) is 6.36. The molecule has 4 saturated heterocycles. The number of benzene rings is 1. The number of carbonyl (C=O) groups is 2. The summed E-state index contributed by atoms with van der Waals surface area (Å²) in [6.07, 6.45) is 1.65. The Morgan fingerprint density at radius 2 is 1.98 bits per heavy atom. The van der Waals surface area contributed by atoms with Gasteiger partial charge < -0.3 is 14.6 Å². The number of pyridine rings is 1. The van der Waals surface area contributed by atoms with Crippen LogP contribution in [0.25, 0.3) is 21.1 Å². The molecule has 4 aliphatic heterocycles. The maximum absolute atomic E-state index is 16.5. The number of halogens is 4. The number of rotatable bonds is 6. The first-order chi connectivity index (χ1) is 24.7. The molecule has 1 aromatic carbocycles. The van der Waals surface area contributed by atoms with Crippen molar-refractivity contribution < 1.29 is 41.8 Å². The lowest BCUT2D eigenvalue weighted by atomic mass is 9.85. The van der Waals surface area contributed by atoms with Gasteiger partial charge in [-0.05, 0) is 52.6 Å². The van der Waals surface area contributed by atoms with E-state index in [4.69, 9.17) is 9.47 Å². The molecular weight excluding hydrogens is 708 g/mol. The van der Waals surface area contributed by atoms with Crippen LogP contribution in [0.4, 0.5) is 32.4 Å². The molecule has 8 rings (SSSR count). The standard InChI is InChI=1S/C34H36F4N8O5S/c1-33(2,3)51-31(47)43-30-42-25-23(20(36)10-21(37)28(25)52-30)18-9-17-14-45(32(48)49)27(26(18)46(17)38)24-19-12-39-7-5-22(19)40-29(41-24)50-15-34-6-4-8-44(34)13-16(35)11-34/h5,7,10,12,16-18,26-27H,4,6,8-9,11,13-15H2,1-3H3,(H,48,49)(H,42,43,47)/t16-,17?,18?,26?,27?,34+/m1/s1. The number of aromatic nitrogens is 4. The lowest BCUT2D eigenvalue weighted by molar-refractivity contribution is -0.101. The maximum Gasteiger partial charge on any atom is 0.413 e. The van der Waals surface area contributed by atoms with Crippen molar-refractivity contribution >= 4 is 49.8 Å². The third-order valence-electron chi connectivity index (χ3n) is 10.5. The molecule has 4 aliphatic rings. The Hall–Kier alpha value is -4.42. The summed E-state index contributed by atoms with van der Waals surface area (Å²) in [5.74, 6) is -2.96. The Morgan fingerprint density at radius 1 is 1.17 bits per heavy atom. The predicted molar refractivity (Wildman–Crippen MR) is 181 cm³/mol. The molecule has 2 bridgehead atoms. The van der Waals surface area contributed by atoms with E-state index in [1.165, 1.54) is 12.4 Å². The number of hydrogen-bond acceptors (Lipinski definition) is 11. The summed E-state index contributed by atoms with van der Waals surface area (Å²) in [7, 11) is 0. The number of likely N-dealkylation sites (tertiary alicyclic amines) is 1. The first-order valence-corrected chi connectivity index (χ1v) is 17.9. The summed E-state index contributed by atoms with van der Waals surface area (Å²) in [5.41, 5.74) is -1.16. The highest BCUT2D eigenvalue weighted by atomic mass is 32.1. The van der Waals surface area contributed by atoms with Crippen LogP contribution in [0.15, 0.2) is 24.5 Å². The summed E-state index contributed by atoms with van der Waals surface area (Å²) in [4.78, 5) is 46.3. The van der Waals surface area contributed by atoms with Crippen molar-refractivity contribution in [1.82, 2.24) is 34.9 Å². The number of nitrogens with zero attached hydrogens (tertiary/aromatic N) is 7. The SMILES string of the molecule is CC(C)(C)OC(=O)Nc1nc2c(C3CC4CN(C(=O)O)C(c5nc(OC[C@@]67CCCN6C[C@H](F)C7)nc6ccncc56)C3N4F)c(F)cc(F)c2s1. The van der Waals surface area contributed by atoms with E-state index in [1.807, 2.05) is 0 Å². The fourth-order valence-electron chi connectivity index (χ4n) is 8.52. The number of hydrogen-bond donors (Lipinski definition) is 2. The summed E-state index contributed by atoms with van der Waals surface area (Å²) >= 11 is 0.765. The van der Waals surface area contributed by atoms with Crippen LogP contribution in [-0.2, 0) is 4.74 Å². The normalized spacial score (nSPS) is 27.8. The Morgan fingerprint density at radius 3 is 2.75 bits per heavy atom. The topological polar surface area (TPSA) is 146 Å². The largest absolute Gasteiger partial charge is 0.465 e. The van der Waals surface area contributed by atoms with Crippen LogP contribution in [0.1, 0.15) is 69.7 Å². The smallest absolute Gasteiger partial charge is 0.413 e. The fraction of sp³-hybridized carbons (Fsp3) is 0.529. The lowest BCUT2D eigenvalue weighted by Crippen LogP contribution is -2.54. The van der Waals surface area contributed by atoms with Gasteiger partial charge in [-0.15, -0.1) is 9.60 Å². The molecule has 13 nitrogen and oxygen atoms in total. The zero-order valence-corrected chi connectivity index (χ0v) is 29.3. The van der Waals surface area contributed by atoms with Gasteiger partial charge in [0, 0.05) is 54.8 Å². The first kappa shape index (κ1) is 34.7. The zero-order valence-electron chi connectivity index (χ0n) is 28.5. The van der Waals surface area contributed by atoms with E-state index < -0.39 is 65.2 Å². The number of thiazole rings is 1. The van der Waals surface area contributed by atoms with E-state index in [0.717, 1.165) is 35.6 Å². The number of carbonyl (C=O) groups excluding carboxylic acids is 1. The van der Waals surface area contributed by atoms with Crippen LogP contribution in [0, 0.1) is 11.6 Å². The van der Waals surface area contributed by atoms with Crippen LogP contribution in [0.5, 0.6) is 6.01 Å². The summed E-state index contributed by atoms with van der Waals surface area (Å²) in [5, 5.41) is 13.7. The average Bonchev–Trinajstić information content (AvgIpc) is 3.78. The van der Waals surface area contributed by atoms with Crippen LogP contribution >= 0.6 is 11.3 Å². The molecular formula is C34H36F4N8O5S. The van der Waals surface area contributed by atoms with E-state index in [0.29, 0.717) is 35.1 Å². The first-order valence-electron chi connectivity index (χ1n) is 17.1. The highest BCUT2D eigenvalue weighted by Gasteiger charge is 2.57. The fourth-order valence-corrected chi connectivity index (χ4v) is 9.39. The molecule has 4 fully saturated rings. The summed E-state index contributed by atoms with van der Waals surface area (Å²) in [6.45, 7) is 5.88. The van der Waals surface area contributed by atoms with Gasteiger partial charge in [0.2, 0.25) is 0 Å². The number of carboxylic acid groups (broad SMARTS) is 1. The number of alkyl halides is 1. The van der Waals surface area contributed by atoms with Crippen molar-refractivity contribution in [1.29, 1.82) is 0 Å². The van der Waals surface area contributed by atoms with Crippen molar-refractivity contribution in [2.24, 2.45) is 0 Å². The van der Waals surface area contributed by atoms with Gasteiger partial charge >= 0.3 is 18.2 Å². The second kappa shape index (κ2) is 12.6. The highest BCUT2D eigenvalue weighted by molar-refractivity contribution is 7.22. The molecule has 0 spiro atoms. The number of ether oxygens (including phenoxy) is 2. The van der Waals surface area contributed by atoms with Gasteiger partial charge in [0.25, 0.3) is 0 Å². The molecule has 0 aliphatic carbocycles. The highest BCUT2D eigenvalue weighted by Crippen LogP contribution is 2.52. The van der Waals surface area contributed by atoms with E-state index in [-0.39, 0.29) is 52.2 Å². The molecule has 18 heteroatoms. The molecule has 276 valence electrons. The van der Waals surface area contributed by atoms with Crippen molar-refractivity contribution in [3.63, 3.8) is 0 Å². The van der Waals surface area contributed by atoms with Gasteiger partial charge in [-0.1, -0.05) is 11.3 Å². The van der Waals surface area contributed by atoms with Crippen molar-refractivity contribution in [2.45, 2.75) is 87.8 Å². The van der Waals surface area contributed by atoms with Crippen LogP contribution in [-0.4, -0.2) is 108 Å². The number of piperazine rings is 1. The molecule has 2 amide bonds. The molecule has 6 atom stereocenters. The van der Waals surface area contributed by atoms with Gasteiger partial charge in [-0.2, -0.15) is 9.97 Å². The molecule has 3 aromatic heterocycles. The summed E-state index contributed by atoms with van der Waals surface area (Å²) in [6, 6.07) is -1.46. The van der Waals surface area contributed by atoms with Gasteiger partial charge in [-0.25, -0.2) is 27.7 Å². The summed E-state index contributed by atoms with van der Waals surface area (Å²) < 4.78 is 73.7. The van der Waals surface area contributed by atoms with Crippen LogP contribution in [0.3, 0.4) is 0 Å². The Kier molecular flexibility index (Phi) is 8.41. The Balaban J connectivity index is 1.21. The van der Waals surface area contributed by atoms with E-state index in [9.17, 15) is 19.1 Å². The zero-order chi connectivity index (χ0) is 36.7. The van der Waals surface area contributed by atoms with E-state index in [2.05, 4.69) is 30.2 Å². The van der Waals surface area contributed by atoms with Gasteiger partial charge in [-0.3, -0.25) is 20.1 Å². The van der Waals surface area contributed by atoms with Crippen LogP contribution in [0.2, 0.25) is 0 Å². The third-order valence-corrected chi connectivity index (χ3v) is 11.5. The maximum atomic E-state index is 16.5. The third kappa shape index (κ3) is 5.93. The number of nitrogens with one attached hydrogen (secondary N) is 1. The lowest BCUT2D eigenvalue weighted by Gasteiger charge is -2.42. The van der Waals surface area contributed by atoms with Gasteiger partial charge in [0.15, 0.2) is 5.13 Å². The molecule has 2 N–H and O–H groups in total. The van der Waals surface area contributed by atoms with Gasteiger partial charge in [0.05, 0.1) is 45.1 Å². The minimum atomic E-state index is -1.35. The quantitative estimate of drug-likeness (QED) is 0.168. The van der Waals surface area contributed by atoms with Crippen molar-refractivity contribution in [2.75, 3.05) is 31.6 Å². The minimum Gasteiger partial charge on any atom is -0.465 e. The molecule has 7 heterocycles. The number of amides is 2. The second-order valence-corrected chi connectivity index (χ2v) is 15.9. The number of anilines is 1. The van der Waals surface area contributed by atoms with E-state index in [1.54, 1.807) is 26.8 Å². The monoisotopic (exact) mass is 744 g/mol. The van der Waals surface area contributed by atoms with Crippen LogP contribution < -0.4 is 10.1 Å². The van der Waals surface area contributed by atoms with Crippen molar-refractivity contribution in [3.05, 3.63) is 47.4 Å². The molecule has 4 unspecified atom stereocenters. The second-order valence-electron chi connectivity index (χ2n) is 14.9. The molecule has 52 heavy (non-hydrogen) atoms. The van der Waals surface area contributed by atoms with E-state index >= 15 is 13.3 Å². The minimum absolute atomic E-state index is 0.0289. The Bertz CT molecular complexity index is 2080. The molecule has 0 radical (unpaired) electrons. The van der Waals surface area contributed by atoms with Crippen molar-refractivity contribution in [3.8, 4) is 6.01 Å². The van der Waals surface area contributed by atoms with Gasteiger partial charge in [0.1, 0.15) is 30.0 Å².